The summed E-state index contributed by atoms with van der Waals surface area (Å²) in [6, 6.07) is 13.6. The molecule has 0 saturated heterocycles. The summed E-state index contributed by atoms with van der Waals surface area (Å²) in [6.07, 6.45) is 2.52. The molecule has 0 amide bonds. The minimum atomic E-state index is 0. The van der Waals surface area contributed by atoms with Crippen LogP contribution in [0.3, 0.4) is 0 Å². The number of rotatable bonds is 11. The molecular formula is C20H30IN3O3. The predicted octanol–water partition coefficient (Wildman–Crippen LogP) is 3.78. The van der Waals surface area contributed by atoms with E-state index >= 15 is 0 Å². The molecule has 0 aliphatic heterocycles. The Hall–Kier alpha value is -1.74. The fourth-order valence-corrected chi connectivity index (χ4v) is 2.31. The van der Waals surface area contributed by atoms with E-state index in [0.29, 0.717) is 26.4 Å². The van der Waals surface area contributed by atoms with Crippen molar-refractivity contribution in [3.8, 4) is 5.75 Å². The molecule has 0 saturated carbocycles. The Balaban J connectivity index is 0.00000364. The summed E-state index contributed by atoms with van der Waals surface area (Å²) in [6.45, 7) is 6.14. The van der Waals surface area contributed by atoms with E-state index < -0.39 is 0 Å². The van der Waals surface area contributed by atoms with Crippen molar-refractivity contribution in [3.05, 3.63) is 54.5 Å². The van der Waals surface area contributed by atoms with Crippen molar-refractivity contribution in [2.45, 2.75) is 20.0 Å². The molecular weight excluding hydrogens is 457 g/mol. The minimum Gasteiger partial charge on any atom is -0.492 e. The van der Waals surface area contributed by atoms with Crippen LogP contribution in [0.4, 0.5) is 0 Å². The van der Waals surface area contributed by atoms with E-state index in [9.17, 15) is 0 Å². The fraction of sp³-hybridized carbons (Fsp3) is 0.450. The number of ether oxygens (including phenoxy) is 2. The van der Waals surface area contributed by atoms with E-state index in [0.717, 1.165) is 37.0 Å². The van der Waals surface area contributed by atoms with E-state index in [4.69, 9.17) is 13.9 Å². The largest absolute Gasteiger partial charge is 0.492 e. The molecule has 0 aliphatic carbocycles. The Morgan fingerprint density at radius 1 is 1.15 bits per heavy atom. The maximum Gasteiger partial charge on any atom is 0.193 e. The van der Waals surface area contributed by atoms with Crippen molar-refractivity contribution in [1.82, 2.24) is 10.2 Å². The van der Waals surface area contributed by atoms with E-state index in [2.05, 4.69) is 22.1 Å². The number of nitrogens with one attached hydrogen (secondary N) is 1. The van der Waals surface area contributed by atoms with Gasteiger partial charge in [-0.15, -0.1) is 24.0 Å². The molecule has 27 heavy (non-hydrogen) atoms. The lowest BCUT2D eigenvalue weighted by molar-refractivity contribution is 0.105. The van der Waals surface area contributed by atoms with Crippen LogP contribution in [0.1, 0.15) is 19.1 Å². The van der Waals surface area contributed by atoms with Gasteiger partial charge in [-0.1, -0.05) is 18.2 Å². The Morgan fingerprint density at radius 2 is 1.96 bits per heavy atom. The van der Waals surface area contributed by atoms with Crippen LogP contribution in [0.5, 0.6) is 5.75 Å². The smallest absolute Gasteiger partial charge is 0.193 e. The second kappa shape index (κ2) is 14.3. The van der Waals surface area contributed by atoms with Crippen LogP contribution in [0.2, 0.25) is 0 Å². The van der Waals surface area contributed by atoms with Crippen molar-refractivity contribution in [2.24, 2.45) is 4.99 Å². The molecule has 1 N–H and O–H groups in total. The molecule has 150 valence electrons. The summed E-state index contributed by atoms with van der Waals surface area (Å²) in [7, 11) is 2.02. The van der Waals surface area contributed by atoms with Gasteiger partial charge in [0.05, 0.1) is 12.8 Å². The third-order valence-corrected chi connectivity index (χ3v) is 3.67. The number of nitrogens with zero attached hydrogens (tertiary/aromatic N) is 2. The quantitative estimate of drug-likeness (QED) is 0.226. The maximum atomic E-state index is 5.74. The fourth-order valence-electron chi connectivity index (χ4n) is 2.31. The SMILES string of the molecule is CCNC(=NCCCOCc1ccco1)N(C)CCOc1ccccc1.I. The third kappa shape index (κ3) is 9.67. The second-order valence-electron chi connectivity index (χ2n) is 5.80. The molecule has 1 heterocycles. The van der Waals surface area contributed by atoms with Gasteiger partial charge in [-0.05, 0) is 37.6 Å². The lowest BCUT2D eigenvalue weighted by Crippen LogP contribution is -2.41. The molecule has 0 bridgehead atoms. The van der Waals surface area contributed by atoms with Gasteiger partial charge in [0.1, 0.15) is 24.7 Å². The summed E-state index contributed by atoms with van der Waals surface area (Å²) >= 11 is 0. The van der Waals surface area contributed by atoms with Gasteiger partial charge in [-0.25, -0.2) is 0 Å². The van der Waals surface area contributed by atoms with Gasteiger partial charge in [-0.3, -0.25) is 4.99 Å². The highest BCUT2D eigenvalue weighted by atomic mass is 127. The number of likely N-dealkylation sites (N-methyl/N-ethyl adjacent to an activating group) is 1. The zero-order valence-electron chi connectivity index (χ0n) is 16.1. The number of aliphatic imine (C=N–C) groups is 1. The van der Waals surface area contributed by atoms with Gasteiger partial charge < -0.3 is 24.1 Å². The van der Waals surface area contributed by atoms with Crippen molar-refractivity contribution < 1.29 is 13.9 Å². The summed E-state index contributed by atoms with van der Waals surface area (Å²) in [4.78, 5) is 6.73. The van der Waals surface area contributed by atoms with E-state index in [-0.39, 0.29) is 24.0 Å². The van der Waals surface area contributed by atoms with Crippen LogP contribution in [0, 0.1) is 0 Å². The number of benzene rings is 1. The highest BCUT2D eigenvalue weighted by Gasteiger charge is 2.05. The van der Waals surface area contributed by atoms with Gasteiger partial charge >= 0.3 is 0 Å². The first-order valence-corrected chi connectivity index (χ1v) is 9.07. The molecule has 7 heteroatoms. The van der Waals surface area contributed by atoms with Crippen molar-refractivity contribution in [3.63, 3.8) is 0 Å². The van der Waals surface area contributed by atoms with Gasteiger partial charge in [-0.2, -0.15) is 0 Å². The zero-order chi connectivity index (χ0) is 18.5. The van der Waals surface area contributed by atoms with E-state index in [1.165, 1.54) is 0 Å². The lowest BCUT2D eigenvalue weighted by atomic mass is 10.3. The molecule has 1 aromatic carbocycles. The molecule has 2 aromatic rings. The molecule has 0 spiro atoms. The Kier molecular flexibility index (Phi) is 12.4. The van der Waals surface area contributed by atoms with Crippen molar-refractivity contribution >= 4 is 29.9 Å². The molecule has 0 atom stereocenters. The Labute approximate surface area is 179 Å². The molecule has 0 radical (unpaired) electrons. The van der Waals surface area contributed by atoms with Crippen LogP contribution in [-0.4, -0.2) is 50.8 Å². The van der Waals surface area contributed by atoms with Gasteiger partial charge in [0.15, 0.2) is 5.96 Å². The predicted molar refractivity (Wildman–Crippen MR) is 119 cm³/mol. The van der Waals surface area contributed by atoms with Gasteiger partial charge in [0.25, 0.3) is 0 Å². The molecule has 0 aliphatic rings. The monoisotopic (exact) mass is 487 g/mol. The number of para-hydroxylation sites is 1. The average Bonchev–Trinajstić information content (AvgIpc) is 3.18. The van der Waals surface area contributed by atoms with Crippen molar-refractivity contribution in [2.75, 3.05) is 39.9 Å². The third-order valence-electron chi connectivity index (χ3n) is 3.67. The van der Waals surface area contributed by atoms with Crippen LogP contribution < -0.4 is 10.1 Å². The summed E-state index contributed by atoms with van der Waals surface area (Å²) in [5.41, 5.74) is 0. The number of halogens is 1. The van der Waals surface area contributed by atoms with Gasteiger partial charge in [0, 0.05) is 26.7 Å². The van der Waals surface area contributed by atoms with Crippen LogP contribution in [-0.2, 0) is 11.3 Å². The van der Waals surface area contributed by atoms with Crippen LogP contribution in [0.25, 0.3) is 0 Å². The Bertz CT molecular complexity index is 621. The first-order valence-electron chi connectivity index (χ1n) is 9.07. The first kappa shape index (κ1) is 23.3. The zero-order valence-corrected chi connectivity index (χ0v) is 18.4. The molecule has 0 unspecified atom stereocenters. The summed E-state index contributed by atoms with van der Waals surface area (Å²) < 4.78 is 16.6. The highest BCUT2D eigenvalue weighted by molar-refractivity contribution is 14.0. The number of guanidine groups is 1. The second-order valence-corrected chi connectivity index (χ2v) is 5.80. The standard InChI is InChI=1S/C20H29N3O3.HI/c1-3-21-20(22-12-8-14-24-17-19-11-7-15-25-19)23(2)13-16-26-18-9-5-4-6-10-18;/h4-7,9-11,15H,3,8,12-14,16-17H2,1-2H3,(H,21,22);1H. The van der Waals surface area contributed by atoms with Crippen LogP contribution >= 0.6 is 24.0 Å². The van der Waals surface area contributed by atoms with E-state index in [1.807, 2.05) is 49.5 Å². The summed E-state index contributed by atoms with van der Waals surface area (Å²) in [5, 5.41) is 3.31. The van der Waals surface area contributed by atoms with E-state index in [1.54, 1.807) is 6.26 Å². The topological polar surface area (TPSA) is 59.2 Å². The molecule has 6 nitrogen and oxygen atoms in total. The van der Waals surface area contributed by atoms with Gasteiger partial charge in [0.2, 0.25) is 0 Å². The lowest BCUT2D eigenvalue weighted by Gasteiger charge is -2.22. The normalized spacial score (nSPS) is 11.0. The summed E-state index contributed by atoms with van der Waals surface area (Å²) in [5.74, 6) is 2.62. The number of furan rings is 1. The minimum absolute atomic E-state index is 0. The average molecular weight is 487 g/mol. The number of hydrogen-bond donors (Lipinski definition) is 1. The van der Waals surface area contributed by atoms with Crippen LogP contribution in [0.15, 0.2) is 58.1 Å². The Morgan fingerprint density at radius 3 is 2.67 bits per heavy atom. The highest BCUT2D eigenvalue weighted by Crippen LogP contribution is 2.07. The molecule has 2 rings (SSSR count). The number of hydrogen-bond acceptors (Lipinski definition) is 4. The maximum absolute atomic E-state index is 5.74. The van der Waals surface area contributed by atoms with Crippen molar-refractivity contribution in [1.29, 1.82) is 0 Å². The molecule has 0 fully saturated rings. The first-order chi connectivity index (χ1) is 12.8. The molecule has 1 aromatic heterocycles.